The Labute approximate surface area is 153 Å². The third kappa shape index (κ3) is 4.17. The molecule has 7 heteroatoms. The minimum atomic E-state index is -0.340. The first-order valence-corrected chi connectivity index (χ1v) is 8.71. The second-order valence-corrected chi connectivity index (χ2v) is 6.61. The van der Waals surface area contributed by atoms with Crippen LogP contribution in [0, 0.1) is 5.82 Å². The molecule has 2 aromatic carbocycles. The second-order valence-electron chi connectivity index (χ2n) is 5.70. The smallest absolute Gasteiger partial charge is 0.332 e. The number of halogens is 2. The van der Waals surface area contributed by atoms with Gasteiger partial charge >= 0.3 is 6.03 Å². The molecule has 0 saturated carbocycles. The zero-order valence-electron chi connectivity index (χ0n) is 13.4. The summed E-state index contributed by atoms with van der Waals surface area (Å²) in [6.07, 6.45) is 0.728. The van der Waals surface area contributed by atoms with Gasteiger partial charge in [0.05, 0.1) is 0 Å². The number of benzene rings is 2. The monoisotopic (exact) mass is 405 g/mol. The maximum absolute atomic E-state index is 12.9. The molecule has 5 nitrogen and oxygen atoms in total. The fourth-order valence-corrected chi connectivity index (χ4v) is 2.91. The highest BCUT2D eigenvalue weighted by Crippen LogP contribution is 2.17. The Kier molecular flexibility index (Phi) is 5.33. The predicted octanol–water partition coefficient (Wildman–Crippen LogP) is 3.56. The Balaban J connectivity index is 1.64. The molecule has 0 spiro atoms. The third-order valence-corrected chi connectivity index (χ3v) is 4.48. The highest BCUT2D eigenvalue weighted by Gasteiger charge is 2.31. The summed E-state index contributed by atoms with van der Waals surface area (Å²) < 4.78 is 13.8. The molecule has 1 heterocycles. The molecule has 1 N–H and O–H groups in total. The normalized spacial score (nSPS) is 13.8. The lowest BCUT2D eigenvalue weighted by Gasteiger charge is -2.28. The summed E-state index contributed by atoms with van der Waals surface area (Å²) >= 11 is 3.34. The Morgan fingerprint density at radius 2 is 1.64 bits per heavy atom. The Morgan fingerprint density at radius 1 is 1.00 bits per heavy atom. The first-order valence-electron chi connectivity index (χ1n) is 7.92. The lowest BCUT2D eigenvalue weighted by molar-refractivity contribution is 0.0376. The van der Waals surface area contributed by atoms with Gasteiger partial charge in [-0.1, -0.05) is 28.1 Å². The van der Waals surface area contributed by atoms with Crippen LogP contribution in [0.2, 0.25) is 0 Å². The van der Waals surface area contributed by atoms with Crippen molar-refractivity contribution in [2.24, 2.45) is 0 Å². The molecule has 25 heavy (non-hydrogen) atoms. The number of hydrogen-bond acceptors (Lipinski definition) is 2. The van der Waals surface area contributed by atoms with Crippen molar-refractivity contribution in [3.05, 3.63) is 69.9 Å². The molecule has 1 aliphatic rings. The van der Waals surface area contributed by atoms with Gasteiger partial charge in [-0.25, -0.2) is 19.2 Å². The summed E-state index contributed by atoms with van der Waals surface area (Å²) in [5.74, 6) is -0.525. The van der Waals surface area contributed by atoms with Crippen molar-refractivity contribution in [1.82, 2.24) is 15.3 Å². The minimum absolute atomic E-state index is 0.207. The molecule has 0 bridgehead atoms. The molecule has 130 valence electrons. The third-order valence-electron chi connectivity index (χ3n) is 3.95. The number of carbonyl (C=O) groups excluding carboxylic acids is 2. The average Bonchev–Trinajstić information content (AvgIpc) is 3.11. The van der Waals surface area contributed by atoms with Crippen molar-refractivity contribution < 1.29 is 14.0 Å². The van der Waals surface area contributed by atoms with Crippen LogP contribution in [-0.2, 0) is 6.54 Å². The van der Waals surface area contributed by atoms with Crippen LogP contribution >= 0.6 is 15.9 Å². The van der Waals surface area contributed by atoms with Gasteiger partial charge in [0.15, 0.2) is 0 Å². The number of rotatable bonds is 3. The zero-order valence-corrected chi connectivity index (χ0v) is 15.0. The fraction of sp³-hybridized carbons (Fsp3) is 0.222. The van der Waals surface area contributed by atoms with Crippen LogP contribution < -0.4 is 5.32 Å². The summed E-state index contributed by atoms with van der Waals surface area (Å²) in [6, 6.07) is 12.6. The zero-order chi connectivity index (χ0) is 17.8. The summed E-state index contributed by atoms with van der Waals surface area (Å²) in [7, 11) is 0. The number of hydrogen-bond donors (Lipinski definition) is 1. The van der Waals surface area contributed by atoms with Crippen molar-refractivity contribution in [2.45, 2.75) is 13.0 Å². The Morgan fingerprint density at radius 3 is 2.32 bits per heavy atom. The molecule has 1 fully saturated rings. The van der Waals surface area contributed by atoms with Crippen LogP contribution in [0.3, 0.4) is 0 Å². The van der Waals surface area contributed by atoms with Crippen molar-refractivity contribution in [3.8, 4) is 0 Å². The average molecular weight is 406 g/mol. The lowest BCUT2D eigenvalue weighted by Crippen LogP contribution is -2.49. The Hall–Kier alpha value is -2.41. The van der Waals surface area contributed by atoms with Crippen LogP contribution in [0.5, 0.6) is 0 Å². The molecule has 0 radical (unpaired) electrons. The van der Waals surface area contributed by atoms with Crippen molar-refractivity contribution in [1.29, 1.82) is 0 Å². The second kappa shape index (κ2) is 7.65. The van der Waals surface area contributed by atoms with Crippen LogP contribution in [0.4, 0.5) is 9.18 Å². The van der Waals surface area contributed by atoms with Crippen LogP contribution in [-0.4, -0.2) is 35.0 Å². The largest absolute Gasteiger partial charge is 0.336 e. The molecule has 1 saturated heterocycles. The van der Waals surface area contributed by atoms with E-state index in [-0.39, 0.29) is 24.3 Å². The molecule has 0 atom stereocenters. The fourth-order valence-electron chi connectivity index (χ4n) is 2.65. The summed E-state index contributed by atoms with van der Waals surface area (Å²) in [5, 5.41) is 5.65. The van der Waals surface area contributed by atoms with Gasteiger partial charge in [0.1, 0.15) is 5.82 Å². The highest BCUT2D eigenvalue weighted by molar-refractivity contribution is 9.10. The van der Waals surface area contributed by atoms with E-state index in [1.165, 1.54) is 22.2 Å². The molecule has 2 aromatic rings. The van der Waals surface area contributed by atoms with E-state index in [1.807, 2.05) is 0 Å². The van der Waals surface area contributed by atoms with E-state index in [9.17, 15) is 14.0 Å². The van der Waals surface area contributed by atoms with Crippen LogP contribution in [0.1, 0.15) is 22.3 Å². The molecule has 0 aliphatic carbocycles. The Bertz CT molecular complexity index is 765. The SMILES string of the molecule is O=C(NCc1ccc(F)cc1)N1CCCN1C(=O)c1ccc(Br)cc1. The summed E-state index contributed by atoms with van der Waals surface area (Å²) in [4.78, 5) is 25.1. The van der Waals surface area contributed by atoms with Gasteiger partial charge in [-0.05, 0) is 48.4 Å². The number of amides is 3. The highest BCUT2D eigenvalue weighted by atomic mass is 79.9. The van der Waals surface area contributed by atoms with E-state index in [0.717, 1.165) is 16.5 Å². The summed E-state index contributed by atoms with van der Waals surface area (Å²) in [6.45, 7) is 1.26. The molecule has 3 amide bonds. The first kappa shape index (κ1) is 17.4. The standard InChI is InChI=1S/C18H17BrFN3O2/c19-15-6-4-14(5-7-15)17(24)22-10-1-11-23(22)18(25)21-12-13-2-8-16(20)9-3-13/h2-9H,1,10-12H2,(H,21,25). The number of nitrogens with zero attached hydrogens (tertiary/aromatic N) is 2. The van der Waals surface area contributed by atoms with Crippen LogP contribution in [0.25, 0.3) is 0 Å². The van der Waals surface area contributed by atoms with Gasteiger partial charge < -0.3 is 5.32 Å². The van der Waals surface area contributed by atoms with Gasteiger partial charge in [-0.15, -0.1) is 0 Å². The molecular weight excluding hydrogens is 389 g/mol. The number of hydrazine groups is 1. The van der Waals surface area contributed by atoms with E-state index in [0.29, 0.717) is 18.7 Å². The maximum atomic E-state index is 12.9. The maximum Gasteiger partial charge on any atom is 0.336 e. The quantitative estimate of drug-likeness (QED) is 0.848. The topological polar surface area (TPSA) is 52.7 Å². The van der Waals surface area contributed by atoms with Crippen molar-refractivity contribution in [3.63, 3.8) is 0 Å². The number of urea groups is 1. The van der Waals surface area contributed by atoms with E-state index in [4.69, 9.17) is 0 Å². The van der Waals surface area contributed by atoms with E-state index in [1.54, 1.807) is 36.4 Å². The van der Waals surface area contributed by atoms with Crippen LogP contribution in [0.15, 0.2) is 53.0 Å². The van der Waals surface area contributed by atoms with Gasteiger partial charge in [-0.2, -0.15) is 0 Å². The van der Waals surface area contributed by atoms with E-state index < -0.39 is 0 Å². The molecule has 0 unspecified atom stereocenters. The molecular formula is C18H17BrFN3O2. The molecule has 3 rings (SSSR count). The summed E-state index contributed by atoms with van der Waals surface area (Å²) in [5.41, 5.74) is 1.32. The first-order chi connectivity index (χ1) is 12.0. The van der Waals surface area contributed by atoms with E-state index >= 15 is 0 Å². The number of carbonyl (C=O) groups is 2. The van der Waals surface area contributed by atoms with Gasteiger partial charge in [-0.3, -0.25) is 4.79 Å². The number of nitrogens with one attached hydrogen (secondary N) is 1. The van der Waals surface area contributed by atoms with Gasteiger partial charge in [0, 0.05) is 29.7 Å². The minimum Gasteiger partial charge on any atom is -0.332 e. The van der Waals surface area contributed by atoms with Gasteiger partial charge in [0.2, 0.25) is 0 Å². The lowest BCUT2D eigenvalue weighted by atomic mass is 10.2. The van der Waals surface area contributed by atoms with Crippen molar-refractivity contribution in [2.75, 3.05) is 13.1 Å². The van der Waals surface area contributed by atoms with Gasteiger partial charge in [0.25, 0.3) is 5.91 Å². The van der Waals surface area contributed by atoms with Crippen molar-refractivity contribution >= 4 is 27.9 Å². The molecule has 1 aliphatic heterocycles. The predicted molar refractivity (Wildman–Crippen MR) is 95.1 cm³/mol. The molecule has 0 aromatic heterocycles. The van der Waals surface area contributed by atoms with E-state index in [2.05, 4.69) is 21.2 Å².